The molecule has 0 unspecified atom stereocenters. The molecule has 0 aliphatic heterocycles. The van der Waals surface area contributed by atoms with Crippen LogP contribution in [-0.4, -0.2) is 32.0 Å². The van der Waals surface area contributed by atoms with E-state index in [-0.39, 0.29) is 17.2 Å². The first-order valence-corrected chi connectivity index (χ1v) is 8.59. The number of hydrogen-bond acceptors (Lipinski definition) is 4. The molecular weight excluding hydrogens is 382 g/mol. The van der Waals surface area contributed by atoms with Crippen LogP contribution in [0.15, 0.2) is 34.0 Å². The summed E-state index contributed by atoms with van der Waals surface area (Å²) in [7, 11) is -2.32. The van der Waals surface area contributed by atoms with Gasteiger partial charge in [-0.15, -0.1) is 0 Å². The number of nitrogens with zero attached hydrogens (tertiary/aromatic N) is 1. The van der Waals surface area contributed by atoms with Crippen molar-refractivity contribution in [3.05, 3.63) is 39.8 Å². The maximum absolute atomic E-state index is 12.3. The molecule has 0 spiro atoms. The zero-order chi connectivity index (χ0) is 15.5. The monoisotopic (exact) mass is 393 g/mol. The molecule has 0 saturated heterocycles. The van der Waals surface area contributed by atoms with Gasteiger partial charge in [0, 0.05) is 29.9 Å². The minimum absolute atomic E-state index is 0.00557. The van der Waals surface area contributed by atoms with Gasteiger partial charge in [0.05, 0.1) is 17.9 Å². The lowest BCUT2D eigenvalue weighted by Gasteiger charge is -2.12. The van der Waals surface area contributed by atoms with Crippen LogP contribution in [0.5, 0.6) is 5.75 Å². The number of methoxy groups -OCH3 is 1. The lowest BCUT2D eigenvalue weighted by Crippen LogP contribution is -2.26. The van der Waals surface area contributed by atoms with Crippen molar-refractivity contribution in [1.29, 1.82) is 0 Å². The molecule has 1 aromatic heterocycles. The summed E-state index contributed by atoms with van der Waals surface area (Å²) in [5.41, 5.74) is 0.844. The SMILES string of the molecule is COc1c(Br)cc(Cl)cc1S(=O)(=O)NCCc1cnc[nH]1. The van der Waals surface area contributed by atoms with Crippen LogP contribution in [0.3, 0.4) is 0 Å². The van der Waals surface area contributed by atoms with Crippen molar-refractivity contribution in [3.8, 4) is 5.75 Å². The van der Waals surface area contributed by atoms with Crippen molar-refractivity contribution >= 4 is 37.6 Å². The number of imidazole rings is 1. The number of nitrogens with one attached hydrogen (secondary N) is 2. The third kappa shape index (κ3) is 3.97. The van der Waals surface area contributed by atoms with Gasteiger partial charge >= 0.3 is 0 Å². The summed E-state index contributed by atoms with van der Waals surface area (Å²) >= 11 is 9.14. The number of halogens is 2. The Kier molecular flexibility index (Phi) is 5.26. The molecule has 2 N–H and O–H groups in total. The van der Waals surface area contributed by atoms with Gasteiger partial charge in [-0.25, -0.2) is 18.1 Å². The number of rotatable bonds is 6. The van der Waals surface area contributed by atoms with Gasteiger partial charge in [-0.05, 0) is 28.1 Å². The molecule has 1 heterocycles. The summed E-state index contributed by atoms with van der Waals surface area (Å²) in [6.07, 6.45) is 3.69. The van der Waals surface area contributed by atoms with Crippen LogP contribution in [0.2, 0.25) is 5.02 Å². The van der Waals surface area contributed by atoms with Crippen molar-refractivity contribution in [1.82, 2.24) is 14.7 Å². The van der Waals surface area contributed by atoms with Gasteiger partial charge in [0.2, 0.25) is 10.0 Å². The van der Waals surface area contributed by atoms with Gasteiger partial charge in [-0.1, -0.05) is 11.6 Å². The van der Waals surface area contributed by atoms with Crippen LogP contribution < -0.4 is 9.46 Å². The molecule has 0 aliphatic carbocycles. The van der Waals surface area contributed by atoms with E-state index >= 15 is 0 Å². The van der Waals surface area contributed by atoms with Gasteiger partial charge < -0.3 is 9.72 Å². The Morgan fingerprint density at radius 1 is 1.48 bits per heavy atom. The molecule has 2 aromatic rings. The number of hydrogen-bond donors (Lipinski definition) is 2. The molecule has 0 amide bonds. The zero-order valence-electron chi connectivity index (χ0n) is 11.1. The molecule has 6 nitrogen and oxygen atoms in total. The van der Waals surface area contributed by atoms with Gasteiger partial charge in [0.1, 0.15) is 4.90 Å². The second-order valence-corrected chi connectivity index (χ2v) is 7.17. The Labute approximate surface area is 136 Å². The van der Waals surface area contributed by atoms with Crippen LogP contribution in [-0.2, 0) is 16.4 Å². The van der Waals surface area contributed by atoms with E-state index in [1.807, 2.05) is 0 Å². The topological polar surface area (TPSA) is 84.1 Å². The maximum Gasteiger partial charge on any atom is 0.244 e. The summed E-state index contributed by atoms with van der Waals surface area (Å²) in [4.78, 5) is 6.77. The van der Waals surface area contributed by atoms with Gasteiger partial charge in [0.15, 0.2) is 5.75 Å². The van der Waals surface area contributed by atoms with E-state index in [0.717, 1.165) is 5.69 Å². The molecule has 9 heteroatoms. The first-order chi connectivity index (χ1) is 9.94. The molecule has 114 valence electrons. The average molecular weight is 395 g/mol. The highest BCUT2D eigenvalue weighted by Gasteiger charge is 2.22. The van der Waals surface area contributed by atoms with Crippen molar-refractivity contribution in [3.63, 3.8) is 0 Å². The number of aromatic amines is 1. The van der Waals surface area contributed by atoms with E-state index in [0.29, 0.717) is 15.9 Å². The van der Waals surface area contributed by atoms with Gasteiger partial charge in [0.25, 0.3) is 0 Å². The fourth-order valence-electron chi connectivity index (χ4n) is 1.75. The highest BCUT2D eigenvalue weighted by molar-refractivity contribution is 9.10. The second kappa shape index (κ2) is 6.78. The minimum Gasteiger partial charge on any atom is -0.494 e. The Bertz CT molecular complexity index is 720. The first kappa shape index (κ1) is 16.3. The van der Waals surface area contributed by atoms with Gasteiger partial charge in [-0.2, -0.15) is 0 Å². The second-order valence-electron chi connectivity index (χ2n) is 4.14. The fraction of sp³-hybridized carbons (Fsp3) is 0.250. The van der Waals surface area contributed by atoms with Crippen LogP contribution in [0, 0.1) is 0 Å². The van der Waals surface area contributed by atoms with E-state index in [2.05, 4.69) is 30.6 Å². The molecule has 0 fully saturated rings. The van der Waals surface area contributed by atoms with E-state index in [9.17, 15) is 8.42 Å². The van der Waals surface area contributed by atoms with Crippen LogP contribution in [0.4, 0.5) is 0 Å². The standard InChI is InChI=1S/C12H13BrClN3O3S/c1-20-12-10(13)4-8(14)5-11(12)21(18,19)17-3-2-9-6-15-7-16-9/h4-7,17H,2-3H2,1H3,(H,15,16). The number of H-pyrrole nitrogens is 1. The lowest BCUT2D eigenvalue weighted by atomic mass is 10.3. The van der Waals surface area contributed by atoms with Crippen LogP contribution in [0.1, 0.15) is 5.69 Å². The molecule has 0 aliphatic rings. The van der Waals surface area contributed by atoms with E-state index in [1.54, 1.807) is 18.6 Å². The molecule has 0 bridgehead atoms. The number of aromatic nitrogens is 2. The highest BCUT2D eigenvalue weighted by atomic mass is 79.9. The normalized spacial score (nSPS) is 11.6. The third-order valence-corrected chi connectivity index (χ3v) is 4.98. The van der Waals surface area contributed by atoms with E-state index in [4.69, 9.17) is 16.3 Å². The number of sulfonamides is 1. The third-order valence-electron chi connectivity index (χ3n) is 2.71. The molecule has 21 heavy (non-hydrogen) atoms. The van der Waals surface area contributed by atoms with Crippen molar-refractivity contribution in [2.24, 2.45) is 0 Å². The van der Waals surface area contributed by atoms with Crippen LogP contribution in [0.25, 0.3) is 0 Å². The minimum atomic E-state index is -3.72. The van der Waals surface area contributed by atoms with Crippen LogP contribution >= 0.6 is 27.5 Å². The quantitative estimate of drug-likeness (QED) is 0.788. The summed E-state index contributed by atoms with van der Waals surface area (Å²) in [5, 5.41) is 0.302. The highest BCUT2D eigenvalue weighted by Crippen LogP contribution is 2.35. The first-order valence-electron chi connectivity index (χ1n) is 5.94. The largest absolute Gasteiger partial charge is 0.494 e. The number of ether oxygens (including phenoxy) is 1. The van der Waals surface area contributed by atoms with E-state index < -0.39 is 10.0 Å². The van der Waals surface area contributed by atoms with Crippen molar-refractivity contribution < 1.29 is 13.2 Å². The zero-order valence-corrected chi connectivity index (χ0v) is 14.2. The Morgan fingerprint density at radius 2 is 2.24 bits per heavy atom. The number of benzene rings is 1. The Morgan fingerprint density at radius 3 is 2.86 bits per heavy atom. The molecule has 0 atom stereocenters. The predicted octanol–water partition coefficient (Wildman–Crippen LogP) is 2.36. The maximum atomic E-state index is 12.3. The van der Waals surface area contributed by atoms with Crippen molar-refractivity contribution in [2.75, 3.05) is 13.7 Å². The Balaban J connectivity index is 2.19. The summed E-state index contributed by atoms with van der Waals surface area (Å²) in [6.45, 7) is 0.234. The van der Waals surface area contributed by atoms with Gasteiger partial charge in [-0.3, -0.25) is 0 Å². The summed E-state index contributed by atoms with van der Waals surface area (Å²) in [6, 6.07) is 2.92. The fourth-order valence-corrected chi connectivity index (χ4v) is 4.17. The molecule has 0 radical (unpaired) electrons. The lowest BCUT2D eigenvalue weighted by molar-refractivity contribution is 0.399. The molecule has 1 aromatic carbocycles. The molecule has 2 rings (SSSR count). The Hall–Kier alpha value is -1.09. The summed E-state index contributed by atoms with van der Waals surface area (Å²) in [5.74, 6) is 0.216. The smallest absolute Gasteiger partial charge is 0.244 e. The predicted molar refractivity (Wildman–Crippen MR) is 83.2 cm³/mol. The van der Waals surface area contributed by atoms with Crippen molar-refractivity contribution in [2.45, 2.75) is 11.3 Å². The summed E-state index contributed by atoms with van der Waals surface area (Å²) < 4.78 is 32.8. The molecular formula is C12H13BrClN3O3S. The average Bonchev–Trinajstić information content (AvgIpc) is 2.91. The van der Waals surface area contributed by atoms with E-state index in [1.165, 1.54) is 13.2 Å². The molecule has 0 saturated carbocycles.